The van der Waals surface area contributed by atoms with Gasteiger partial charge in [0, 0.05) is 21.5 Å². The Kier molecular flexibility index (Phi) is 10.2. The van der Waals surface area contributed by atoms with Gasteiger partial charge in [-0.2, -0.15) is 0 Å². The van der Waals surface area contributed by atoms with E-state index >= 15 is 0 Å². The SMILES string of the molecule is CCOC(=O)c1c(-c2ccc(C)cc2)csc1NC(=O)C(C)Sc1cccc(NC(=O)c2ccc(C(=O)O)cc2C(=O)O)c1. The number of benzene rings is 3. The summed E-state index contributed by atoms with van der Waals surface area (Å²) in [5.74, 6) is -4.37. The molecule has 0 aliphatic heterocycles. The number of thiophene rings is 1. The average Bonchev–Trinajstić information content (AvgIpc) is 3.40. The van der Waals surface area contributed by atoms with Crippen molar-refractivity contribution in [3.8, 4) is 11.1 Å². The lowest BCUT2D eigenvalue weighted by Gasteiger charge is -2.14. The number of carbonyl (C=O) groups is 5. The molecular formula is C32H28N2O8S2. The van der Waals surface area contributed by atoms with Crippen LogP contribution in [0.2, 0.25) is 0 Å². The zero-order valence-corrected chi connectivity index (χ0v) is 25.5. The lowest BCUT2D eigenvalue weighted by molar-refractivity contribution is -0.115. The molecule has 3 aromatic carbocycles. The van der Waals surface area contributed by atoms with Crippen molar-refractivity contribution in [2.75, 3.05) is 17.2 Å². The van der Waals surface area contributed by atoms with Gasteiger partial charge >= 0.3 is 17.9 Å². The second-order valence-corrected chi connectivity index (χ2v) is 11.8. The number of nitrogens with one attached hydrogen (secondary N) is 2. The standard InChI is InChI=1S/C32H28N2O8S2/c1-4-42-32(41)26-25(19-10-8-17(2)9-11-19)16-43-29(26)34-27(35)18(3)44-22-7-5-6-21(15-22)33-28(36)23-13-12-20(30(37)38)14-24(23)31(39)40/h5-16,18H,4H2,1-3H3,(H,33,36)(H,34,35)(H,37,38)(H,39,40). The number of anilines is 2. The van der Waals surface area contributed by atoms with Crippen LogP contribution in [-0.2, 0) is 9.53 Å². The lowest BCUT2D eigenvalue weighted by atomic mass is 10.0. The third kappa shape index (κ3) is 7.52. The van der Waals surface area contributed by atoms with E-state index in [2.05, 4.69) is 10.6 Å². The Bertz CT molecular complexity index is 1750. The van der Waals surface area contributed by atoms with Crippen molar-refractivity contribution < 1.29 is 38.9 Å². The molecule has 1 aromatic heterocycles. The van der Waals surface area contributed by atoms with E-state index in [9.17, 15) is 29.1 Å². The normalized spacial score (nSPS) is 11.3. The summed E-state index contributed by atoms with van der Waals surface area (Å²) in [6.45, 7) is 5.56. The molecule has 0 bridgehead atoms. The number of amides is 2. The smallest absolute Gasteiger partial charge is 0.341 e. The maximum absolute atomic E-state index is 13.2. The second kappa shape index (κ2) is 14.0. The number of hydrogen-bond donors (Lipinski definition) is 4. The summed E-state index contributed by atoms with van der Waals surface area (Å²) in [6, 6.07) is 17.6. The fourth-order valence-corrected chi connectivity index (χ4v) is 6.06. The van der Waals surface area contributed by atoms with Gasteiger partial charge in [0.15, 0.2) is 0 Å². The van der Waals surface area contributed by atoms with E-state index in [0.717, 1.165) is 29.3 Å². The summed E-state index contributed by atoms with van der Waals surface area (Å²) in [6.07, 6.45) is 0. The highest BCUT2D eigenvalue weighted by molar-refractivity contribution is 8.00. The van der Waals surface area contributed by atoms with Gasteiger partial charge in [-0.3, -0.25) is 9.59 Å². The first-order valence-corrected chi connectivity index (χ1v) is 15.1. The van der Waals surface area contributed by atoms with E-state index in [1.54, 1.807) is 38.1 Å². The number of aromatic carboxylic acids is 2. The van der Waals surface area contributed by atoms with Gasteiger partial charge in [0.05, 0.1) is 28.5 Å². The molecule has 1 unspecified atom stereocenters. The molecule has 0 spiro atoms. The predicted octanol–water partition coefficient (Wildman–Crippen LogP) is 6.67. The van der Waals surface area contributed by atoms with Crippen molar-refractivity contribution in [3.63, 3.8) is 0 Å². The molecule has 0 fully saturated rings. The van der Waals surface area contributed by atoms with Crippen LogP contribution < -0.4 is 10.6 Å². The van der Waals surface area contributed by atoms with Crippen molar-refractivity contribution in [3.05, 3.63) is 99.9 Å². The van der Waals surface area contributed by atoms with Crippen LogP contribution in [0.15, 0.2) is 77.0 Å². The Balaban J connectivity index is 1.49. The molecule has 2 amide bonds. The van der Waals surface area contributed by atoms with Crippen LogP contribution in [0.25, 0.3) is 11.1 Å². The van der Waals surface area contributed by atoms with Gasteiger partial charge in [-0.1, -0.05) is 35.9 Å². The highest BCUT2D eigenvalue weighted by atomic mass is 32.2. The summed E-state index contributed by atoms with van der Waals surface area (Å²) >= 11 is 2.45. The topological polar surface area (TPSA) is 159 Å². The minimum atomic E-state index is -1.44. The van der Waals surface area contributed by atoms with Gasteiger partial charge < -0.3 is 25.6 Å². The lowest BCUT2D eigenvalue weighted by Crippen LogP contribution is -2.23. The first-order valence-electron chi connectivity index (χ1n) is 13.3. The van der Waals surface area contributed by atoms with Crippen molar-refractivity contribution in [2.45, 2.75) is 30.9 Å². The molecule has 10 nitrogen and oxygen atoms in total. The summed E-state index contributed by atoms with van der Waals surface area (Å²) < 4.78 is 5.28. The monoisotopic (exact) mass is 632 g/mol. The number of carbonyl (C=O) groups excluding carboxylic acids is 3. The molecule has 1 heterocycles. The minimum absolute atomic E-state index is 0.180. The minimum Gasteiger partial charge on any atom is -0.478 e. The molecule has 0 saturated heterocycles. The molecule has 44 heavy (non-hydrogen) atoms. The van der Waals surface area contributed by atoms with Crippen molar-refractivity contribution >= 4 is 63.5 Å². The third-order valence-corrected chi connectivity index (χ3v) is 8.37. The number of esters is 1. The van der Waals surface area contributed by atoms with Crippen molar-refractivity contribution in [1.82, 2.24) is 0 Å². The van der Waals surface area contributed by atoms with Crippen LogP contribution in [0.5, 0.6) is 0 Å². The van der Waals surface area contributed by atoms with Gasteiger partial charge in [0.25, 0.3) is 5.91 Å². The highest BCUT2D eigenvalue weighted by Crippen LogP contribution is 2.37. The van der Waals surface area contributed by atoms with Crippen LogP contribution in [0.4, 0.5) is 10.7 Å². The Labute approximate surface area is 261 Å². The maximum Gasteiger partial charge on any atom is 0.341 e. The number of aryl methyl sites for hydroxylation is 1. The molecule has 0 radical (unpaired) electrons. The van der Waals surface area contributed by atoms with E-state index in [0.29, 0.717) is 21.1 Å². The summed E-state index contributed by atoms with van der Waals surface area (Å²) in [7, 11) is 0. The first-order chi connectivity index (χ1) is 21.0. The van der Waals surface area contributed by atoms with Gasteiger partial charge in [-0.25, -0.2) is 14.4 Å². The van der Waals surface area contributed by atoms with E-state index in [4.69, 9.17) is 9.84 Å². The molecular weight excluding hydrogens is 604 g/mol. The fraction of sp³-hybridized carbons (Fsp3) is 0.156. The molecule has 12 heteroatoms. The van der Waals surface area contributed by atoms with Crippen LogP contribution in [0.3, 0.4) is 0 Å². The van der Waals surface area contributed by atoms with E-state index in [1.165, 1.54) is 23.1 Å². The molecule has 0 aliphatic rings. The molecule has 0 aliphatic carbocycles. The van der Waals surface area contributed by atoms with Crippen molar-refractivity contribution in [1.29, 1.82) is 0 Å². The summed E-state index contributed by atoms with van der Waals surface area (Å²) in [4.78, 5) is 62.5. The second-order valence-electron chi connectivity index (χ2n) is 9.54. The number of hydrogen-bond acceptors (Lipinski definition) is 8. The van der Waals surface area contributed by atoms with E-state index in [1.807, 2.05) is 36.6 Å². The molecule has 4 N–H and O–H groups in total. The summed E-state index contributed by atoms with van der Waals surface area (Å²) in [5.41, 5.74) is 2.29. The number of carboxylic acid groups (broad SMARTS) is 2. The van der Waals surface area contributed by atoms with Crippen LogP contribution in [-0.4, -0.2) is 51.8 Å². The van der Waals surface area contributed by atoms with Crippen LogP contribution >= 0.6 is 23.1 Å². The quantitative estimate of drug-likeness (QED) is 0.105. The van der Waals surface area contributed by atoms with Gasteiger partial charge in [-0.15, -0.1) is 23.1 Å². The molecule has 4 rings (SSSR count). The van der Waals surface area contributed by atoms with Crippen molar-refractivity contribution in [2.24, 2.45) is 0 Å². The zero-order chi connectivity index (χ0) is 32.0. The fourth-order valence-electron chi connectivity index (χ4n) is 4.17. The Hall–Kier alpha value is -4.94. The summed E-state index contributed by atoms with van der Waals surface area (Å²) in [5, 5.41) is 25.7. The highest BCUT2D eigenvalue weighted by Gasteiger charge is 2.25. The van der Waals surface area contributed by atoms with Gasteiger partial charge in [-0.05, 0) is 62.7 Å². The van der Waals surface area contributed by atoms with Gasteiger partial charge in [0.2, 0.25) is 5.91 Å². The molecule has 226 valence electrons. The number of ether oxygens (including phenoxy) is 1. The van der Waals surface area contributed by atoms with Crippen LogP contribution in [0, 0.1) is 6.92 Å². The Morgan fingerprint density at radius 2 is 1.64 bits per heavy atom. The number of thioether (sulfide) groups is 1. The molecule has 4 aromatic rings. The number of carboxylic acids is 2. The molecule has 1 atom stereocenters. The first kappa shape index (κ1) is 32.0. The predicted molar refractivity (Wildman–Crippen MR) is 169 cm³/mol. The van der Waals surface area contributed by atoms with Gasteiger partial charge in [0.1, 0.15) is 10.6 Å². The van der Waals surface area contributed by atoms with Crippen LogP contribution in [0.1, 0.15) is 60.8 Å². The third-order valence-electron chi connectivity index (χ3n) is 6.39. The Morgan fingerprint density at radius 3 is 2.30 bits per heavy atom. The number of rotatable bonds is 11. The maximum atomic E-state index is 13.2. The largest absolute Gasteiger partial charge is 0.478 e. The zero-order valence-electron chi connectivity index (χ0n) is 23.9. The molecule has 0 saturated carbocycles. The van der Waals surface area contributed by atoms with E-state index < -0.39 is 34.6 Å². The Morgan fingerprint density at radius 1 is 0.909 bits per heavy atom. The van der Waals surface area contributed by atoms with E-state index in [-0.39, 0.29) is 29.2 Å². The average molecular weight is 633 g/mol.